The molecule has 0 radical (unpaired) electrons. The number of benzene rings is 1. The Labute approximate surface area is 159 Å². The summed E-state index contributed by atoms with van der Waals surface area (Å²) >= 11 is 0. The van der Waals surface area contributed by atoms with Gasteiger partial charge in [0.1, 0.15) is 5.75 Å². The lowest BCUT2D eigenvalue weighted by Gasteiger charge is -2.31. The quantitative estimate of drug-likeness (QED) is 0.627. The Hall–Kier alpha value is -1.83. The molecule has 0 bridgehead atoms. The van der Waals surface area contributed by atoms with Crippen LogP contribution in [0.3, 0.4) is 0 Å². The molecule has 0 unspecified atom stereocenters. The number of phenols is 1. The summed E-state index contributed by atoms with van der Waals surface area (Å²) in [6.07, 6.45) is 0. The van der Waals surface area contributed by atoms with Gasteiger partial charge in [0.25, 0.3) is 0 Å². The second-order valence-corrected chi connectivity index (χ2v) is 9.74. The highest BCUT2D eigenvalue weighted by Gasteiger charge is 2.30. The van der Waals surface area contributed by atoms with Crippen molar-refractivity contribution in [3.8, 4) is 17.0 Å². The number of phenolic OH excluding ortho intramolecular Hbond substituents is 1. The standard InChI is InChI=1S/C24H35NO/c1-13-14(2)17(5)25-21(15(13)3)18-12-19(23(6,7)8)22(26)20(16(18)4)24(9,10)11/h12,26H,1-11H3. The van der Waals surface area contributed by atoms with Crippen LogP contribution in [0.4, 0.5) is 0 Å². The first-order chi connectivity index (χ1) is 11.7. The Morgan fingerprint density at radius 2 is 1.27 bits per heavy atom. The highest BCUT2D eigenvalue weighted by Crippen LogP contribution is 2.45. The lowest BCUT2D eigenvalue weighted by Crippen LogP contribution is -2.19. The SMILES string of the molecule is Cc1nc(-c2cc(C(C)(C)C)c(O)c(C(C)(C)C)c2C)c(C)c(C)c1C. The first kappa shape index (κ1) is 20.5. The molecule has 0 aliphatic heterocycles. The van der Waals surface area contributed by atoms with Gasteiger partial charge >= 0.3 is 0 Å². The Morgan fingerprint density at radius 3 is 1.73 bits per heavy atom. The van der Waals surface area contributed by atoms with Crippen molar-refractivity contribution in [2.24, 2.45) is 0 Å². The molecule has 1 heterocycles. The topological polar surface area (TPSA) is 33.1 Å². The van der Waals surface area contributed by atoms with Gasteiger partial charge in [0, 0.05) is 22.4 Å². The predicted octanol–water partition coefficient (Wildman–Crippen LogP) is 6.59. The van der Waals surface area contributed by atoms with Crippen molar-refractivity contribution in [2.75, 3.05) is 0 Å². The van der Waals surface area contributed by atoms with Gasteiger partial charge in [-0.05, 0) is 73.8 Å². The number of nitrogens with zero attached hydrogens (tertiary/aromatic N) is 1. The summed E-state index contributed by atoms with van der Waals surface area (Å²) in [7, 11) is 0. The van der Waals surface area contributed by atoms with Crippen molar-refractivity contribution in [3.63, 3.8) is 0 Å². The van der Waals surface area contributed by atoms with Crippen molar-refractivity contribution in [3.05, 3.63) is 45.1 Å². The summed E-state index contributed by atoms with van der Waals surface area (Å²) in [5, 5.41) is 11.1. The Kier molecular flexibility index (Phi) is 5.04. The number of hydrogen-bond acceptors (Lipinski definition) is 2. The van der Waals surface area contributed by atoms with Gasteiger partial charge in [0.2, 0.25) is 0 Å². The maximum atomic E-state index is 11.1. The van der Waals surface area contributed by atoms with Crippen LogP contribution in [0.2, 0.25) is 0 Å². The monoisotopic (exact) mass is 353 g/mol. The third-order valence-corrected chi connectivity index (χ3v) is 5.68. The number of aromatic nitrogens is 1. The van der Waals surface area contributed by atoms with Gasteiger partial charge in [-0.15, -0.1) is 0 Å². The van der Waals surface area contributed by atoms with E-state index in [1.165, 1.54) is 16.7 Å². The molecular formula is C24H35NO. The van der Waals surface area contributed by atoms with Crippen molar-refractivity contribution < 1.29 is 5.11 Å². The van der Waals surface area contributed by atoms with Gasteiger partial charge in [0.15, 0.2) is 0 Å². The summed E-state index contributed by atoms with van der Waals surface area (Å²) in [4.78, 5) is 4.96. The fraction of sp³-hybridized carbons (Fsp3) is 0.542. The fourth-order valence-corrected chi connectivity index (χ4v) is 3.83. The highest BCUT2D eigenvalue weighted by atomic mass is 16.3. The summed E-state index contributed by atoms with van der Waals surface area (Å²) in [6, 6.07) is 2.16. The molecule has 2 aromatic rings. The lowest BCUT2D eigenvalue weighted by atomic mass is 9.75. The second kappa shape index (κ2) is 6.40. The fourth-order valence-electron chi connectivity index (χ4n) is 3.83. The first-order valence-electron chi connectivity index (χ1n) is 9.50. The zero-order valence-corrected chi connectivity index (χ0v) is 18.5. The lowest BCUT2D eigenvalue weighted by molar-refractivity contribution is 0.422. The van der Waals surface area contributed by atoms with E-state index in [1.807, 2.05) is 0 Å². The summed E-state index contributed by atoms with van der Waals surface area (Å²) < 4.78 is 0. The van der Waals surface area contributed by atoms with Gasteiger partial charge in [-0.2, -0.15) is 0 Å². The molecular weight excluding hydrogens is 318 g/mol. The van der Waals surface area contributed by atoms with Crippen molar-refractivity contribution >= 4 is 0 Å². The third-order valence-electron chi connectivity index (χ3n) is 5.68. The predicted molar refractivity (Wildman–Crippen MR) is 112 cm³/mol. The largest absolute Gasteiger partial charge is 0.507 e. The smallest absolute Gasteiger partial charge is 0.123 e. The van der Waals surface area contributed by atoms with E-state index < -0.39 is 0 Å². The van der Waals surface area contributed by atoms with Crippen LogP contribution in [0.25, 0.3) is 11.3 Å². The molecule has 0 saturated heterocycles. The molecule has 0 atom stereocenters. The molecule has 1 aromatic carbocycles. The van der Waals surface area contributed by atoms with Crippen LogP contribution in [0.5, 0.6) is 5.75 Å². The summed E-state index contributed by atoms with van der Waals surface area (Å²) in [6.45, 7) is 23.6. The molecule has 2 heteroatoms. The molecule has 0 saturated carbocycles. The first-order valence-corrected chi connectivity index (χ1v) is 9.50. The Morgan fingerprint density at radius 1 is 0.731 bits per heavy atom. The van der Waals surface area contributed by atoms with Crippen LogP contribution in [-0.4, -0.2) is 10.1 Å². The van der Waals surface area contributed by atoms with Gasteiger partial charge in [-0.3, -0.25) is 4.98 Å². The van der Waals surface area contributed by atoms with Crippen molar-refractivity contribution in [1.82, 2.24) is 4.98 Å². The van der Waals surface area contributed by atoms with E-state index in [-0.39, 0.29) is 10.8 Å². The van der Waals surface area contributed by atoms with E-state index in [4.69, 9.17) is 4.98 Å². The number of hydrogen-bond donors (Lipinski definition) is 1. The molecule has 0 spiro atoms. The van der Waals surface area contributed by atoms with Gasteiger partial charge < -0.3 is 5.11 Å². The number of aromatic hydroxyl groups is 1. The molecule has 142 valence electrons. The van der Waals surface area contributed by atoms with Crippen LogP contribution in [0.15, 0.2) is 6.07 Å². The van der Waals surface area contributed by atoms with E-state index in [9.17, 15) is 5.11 Å². The molecule has 26 heavy (non-hydrogen) atoms. The minimum absolute atomic E-state index is 0.144. The van der Waals surface area contributed by atoms with E-state index in [1.54, 1.807) is 0 Å². The number of pyridine rings is 1. The molecule has 0 aliphatic carbocycles. The minimum atomic E-state index is -0.146. The van der Waals surface area contributed by atoms with E-state index in [2.05, 4.69) is 82.2 Å². The second-order valence-electron chi connectivity index (χ2n) is 9.74. The Balaban J connectivity index is 3.00. The van der Waals surface area contributed by atoms with Crippen LogP contribution >= 0.6 is 0 Å². The van der Waals surface area contributed by atoms with Gasteiger partial charge in [0.05, 0.1) is 5.69 Å². The zero-order valence-electron chi connectivity index (χ0n) is 18.5. The van der Waals surface area contributed by atoms with Crippen LogP contribution in [-0.2, 0) is 10.8 Å². The number of aryl methyl sites for hydroxylation is 1. The molecule has 1 N–H and O–H groups in total. The van der Waals surface area contributed by atoms with Crippen LogP contribution in [0.1, 0.15) is 80.6 Å². The normalized spacial score (nSPS) is 12.6. The molecule has 2 rings (SSSR count). The van der Waals surface area contributed by atoms with Gasteiger partial charge in [-0.1, -0.05) is 41.5 Å². The molecule has 0 amide bonds. The van der Waals surface area contributed by atoms with E-state index >= 15 is 0 Å². The molecule has 2 nitrogen and oxygen atoms in total. The highest BCUT2D eigenvalue weighted by molar-refractivity contribution is 5.74. The van der Waals surface area contributed by atoms with E-state index in [0.717, 1.165) is 33.6 Å². The number of rotatable bonds is 1. The van der Waals surface area contributed by atoms with E-state index in [0.29, 0.717) is 5.75 Å². The molecule has 0 fully saturated rings. The summed E-state index contributed by atoms with van der Waals surface area (Å²) in [5.74, 6) is 0.435. The zero-order chi connectivity index (χ0) is 20.2. The van der Waals surface area contributed by atoms with Gasteiger partial charge in [-0.25, -0.2) is 0 Å². The average molecular weight is 354 g/mol. The van der Waals surface area contributed by atoms with Crippen molar-refractivity contribution in [2.45, 2.75) is 87.0 Å². The molecule has 1 aromatic heterocycles. The van der Waals surface area contributed by atoms with Crippen molar-refractivity contribution in [1.29, 1.82) is 0 Å². The third kappa shape index (κ3) is 3.39. The summed E-state index contributed by atoms with van der Waals surface area (Å²) in [5.41, 5.74) is 9.89. The minimum Gasteiger partial charge on any atom is -0.507 e. The van der Waals surface area contributed by atoms with Crippen LogP contribution < -0.4 is 0 Å². The Bertz CT molecular complexity index is 862. The maximum absolute atomic E-state index is 11.1. The van der Waals surface area contributed by atoms with Crippen LogP contribution in [0, 0.1) is 34.6 Å². The maximum Gasteiger partial charge on any atom is 0.123 e. The average Bonchev–Trinajstić information content (AvgIpc) is 2.47. The molecule has 0 aliphatic rings.